The summed E-state index contributed by atoms with van der Waals surface area (Å²) in [5.74, 6) is -0.488. The third kappa shape index (κ3) is 2.48. The Morgan fingerprint density at radius 3 is 3.08 bits per heavy atom. The van der Waals surface area contributed by atoms with Crippen LogP contribution >= 0.6 is 0 Å². The van der Waals surface area contributed by atoms with E-state index in [1.54, 1.807) is 6.07 Å². The van der Waals surface area contributed by atoms with Crippen LogP contribution in [0.2, 0.25) is 0 Å². The largest absolute Gasteiger partial charge is 0.293 e. The minimum absolute atomic E-state index is 0.136. The molecule has 0 radical (unpaired) electrons. The number of amides is 1. The van der Waals surface area contributed by atoms with Gasteiger partial charge in [0, 0.05) is 0 Å². The average molecular weight is 184 g/mol. The van der Waals surface area contributed by atoms with Crippen LogP contribution in [0.1, 0.15) is 16.2 Å². The molecule has 0 fully saturated rings. The fraction of sp³-hybridized carbons (Fsp3) is 0.250. The number of halogens is 1. The fourth-order valence-corrected chi connectivity index (χ4v) is 0.825. The molecule has 0 saturated heterocycles. The molecular formula is C8H9FN2O2. The Bertz CT molecular complexity index is 304. The third-order valence-electron chi connectivity index (χ3n) is 1.37. The fourth-order valence-electron chi connectivity index (χ4n) is 0.825. The van der Waals surface area contributed by atoms with Gasteiger partial charge in [0.05, 0.1) is 12.8 Å². The van der Waals surface area contributed by atoms with E-state index in [0.717, 1.165) is 0 Å². The maximum Gasteiger partial charge on any atom is 0.293 e. The van der Waals surface area contributed by atoms with Gasteiger partial charge in [0.2, 0.25) is 0 Å². The number of hydrogen-bond donors (Lipinski definition) is 1. The highest BCUT2D eigenvalue weighted by Gasteiger charge is 2.06. The van der Waals surface area contributed by atoms with Gasteiger partial charge in [-0.1, -0.05) is 6.07 Å². The van der Waals surface area contributed by atoms with Gasteiger partial charge in [-0.3, -0.25) is 9.63 Å². The Morgan fingerprint density at radius 2 is 2.46 bits per heavy atom. The number of carbonyl (C=O) groups is 1. The number of alkyl halides is 1. The molecule has 0 spiro atoms. The quantitative estimate of drug-likeness (QED) is 0.708. The summed E-state index contributed by atoms with van der Waals surface area (Å²) in [7, 11) is 1.32. The van der Waals surface area contributed by atoms with Crippen molar-refractivity contribution >= 4 is 5.91 Å². The third-order valence-corrected chi connectivity index (χ3v) is 1.37. The molecule has 4 nitrogen and oxygen atoms in total. The number of rotatable bonds is 3. The van der Waals surface area contributed by atoms with Crippen molar-refractivity contribution in [2.75, 3.05) is 7.11 Å². The van der Waals surface area contributed by atoms with Crippen LogP contribution in [0, 0.1) is 0 Å². The topological polar surface area (TPSA) is 51.2 Å². The molecule has 1 N–H and O–H groups in total. The van der Waals surface area contributed by atoms with E-state index in [-0.39, 0.29) is 11.4 Å². The molecule has 70 valence electrons. The lowest BCUT2D eigenvalue weighted by atomic mass is 10.3. The smallest absolute Gasteiger partial charge is 0.277 e. The van der Waals surface area contributed by atoms with Gasteiger partial charge in [0.25, 0.3) is 5.91 Å². The van der Waals surface area contributed by atoms with Crippen molar-refractivity contribution in [2.45, 2.75) is 6.67 Å². The van der Waals surface area contributed by atoms with Crippen molar-refractivity contribution < 1.29 is 14.0 Å². The highest BCUT2D eigenvalue weighted by Crippen LogP contribution is 2.00. The second-order valence-corrected chi connectivity index (χ2v) is 2.28. The predicted octanol–water partition coefficient (Wildman–Crippen LogP) is 0.842. The van der Waals surface area contributed by atoms with E-state index in [1.165, 1.54) is 19.2 Å². The second-order valence-electron chi connectivity index (χ2n) is 2.28. The summed E-state index contributed by atoms with van der Waals surface area (Å²) < 4.78 is 12.1. The lowest BCUT2D eigenvalue weighted by Gasteiger charge is -2.01. The normalized spacial score (nSPS) is 9.69. The van der Waals surface area contributed by atoms with E-state index in [0.29, 0.717) is 0 Å². The summed E-state index contributed by atoms with van der Waals surface area (Å²) in [6, 6.07) is 4.55. The van der Waals surface area contributed by atoms with Crippen molar-refractivity contribution in [3.63, 3.8) is 0 Å². The second kappa shape index (κ2) is 4.51. The molecule has 0 aromatic carbocycles. The van der Waals surface area contributed by atoms with Crippen LogP contribution in [0.3, 0.4) is 0 Å². The van der Waals surface area contributed by atoms with E-state index in [9.17, 15) is 9.18 Å². The summed E-state index contributed by atoms with van der Waals surface area (Å²) >= 11 is 0. The zero-order valence-electron chi connectivity index (χ0n) is 7.08. The van der Waals surface area contributed by atoms with Crippen molar-refractivity contribution in [2.24, 2.45) is 0 Å². The van der Waals surface area contributed by atoms with E-state index < -0.39 is 12.6 Å². The molecule has 1 aromatic rings. The molecule has 1 rings (SSSR count). The Kier molecular flexibility index (Phi) is 3.33. The molecule has 5 heteroatoms. The molecule has 1 heterocycles. The summed E-state index contributed by atoms with van der Waals surface area (Å²) in [5.41, 5.74) is 2.45. The van der Waals surface area contributed by atoms with Gasteiger partial charge in [0.1, 0.15) is 12.4 Å². The molecule has 0 bridgehead atoms. The van der Waals surface area contributed by atoms with Crippen LogP contribution in [0.15, 0.2) is 18.2 Å². The van der Waals surface area contributed by atoms with Crippen LogP contribution in [-0.2, 0) is 11.5 Å². The first kappa shape index (κ1) is 9.60. The maximum absolute atomic E-state index is 12.1. The summed E-state index contributed by atoms with van der Waals surface area (Å²) in [6.07, 6.45) is 0. The standard InChI is InChI=1S/C8H9FN2O2/c1-13-11-8(12)7-4-2-3-6(5-9)10-7/h2-4H,5H2,1H3,(H,11,12). The monoisotopic (exact) mass is 184 g/mol. The number of hydrogen-bond acceptors (Lipinski definition) is 3. The average Bonchev–Trinajstić information content (AvgIpc) is 2.18. The maximum atomic E-state index is 12.1. The van der Waals surface area contributed by atoms with Crippen molar-refractivity contribution in [1.29, 1.82) is 0 Å². The van der Waals surface area contributed by atoms with Gasteiger partial charge in [-0.15, -0.1) is 0 Å². The SMILES string of the molecule is CONC(=O)c1cccc(CF)n1. The molecular weight excluding hydrogens is 175 g/mol. The van der Waals surface area contributed by atoms with Crippen molar-refractivity contribution in [3.8, 4) is 0 Å². The van der Waals surface area contributed by atoms with Crippen molar-refractivity contribution in [3.05, 3.63) is 29.6 Å². The Hall–Kier alpha value is -1.49. The van der Waals surface area contributed by atoms with Crippen LogP contribution in [0.25, 0.3) is 0 Å². The molecule has 0 atom stereocenters. The molecule has 0 saturated carbocycles. The zero-order valence-corrected chi connectivity index (χ0v) is 7.08. The number of hydroxylamine groups is 1. The minimum Gasteiger partial charge on any atom is -0.277 e. The zero-order chi connectivity index (χ0) is 9.68. The first-order chi connectivity index (χ1) is 6.27. The lowest BCUT2D eigenvalue weighted by Crippen LogP contribution is -2.23. The van der Waals surface area contributed by atoms with Crippen LogP contribution < -0.4 is 5.48 Å². The first-order valence-electron chi connectivity index (χ1n) is 3.63. The molecule has 0 aliphatic rings. The minimum atomic E-state index is -0.686. The summed E-state index contributed by atoms with van der Waals surface area (Å²) in [6.45, 7) is -0.686. The van der Waals surface area contributed by atoms with E-state index in [2.05, 4.69) is 15.3 Å². The summed E-state index contributed by atoms with van der Waals surface area (Å²) in [5, 5.41) is 0. The van der Waals surface area contributed by atoms with E-state index in [4.69, 9.17) is 0 Å². The Morgan fingerprint density at radius 1 is 1.69 bits per heavy atom. The molecule has 0 aliphatic heterocycles. The van der Waals surface area contributed by atoms with Crippen LogP contribution in [0.4, 0.5) is 4.39 Å². The van der Waals surface area contributed by atoms with Gasteiger partial charge < -0.3 is 0 Å². The lowest BCUT2D eigenvalue weighted by molar-refractivity contribution is 0.0532. The van der Waals surface area contributed by atoms with E-state index in [1.807, 2.05) is 0 Å². The van der Waals surface area contributed by atoms with Crippen molar-refractivity contribution in [1.82, 2.24) is 10.5 Å². The van der Waals surface area contributed by atoms with E-state index >= 15 is 0 Å². The van der Waals surface area contributed by atoms with Gasteiger partial charge in [0.15, 0.2) is 0 Å². The molecule has 13 heavy (non-hydrogen) atoms. The van der Waals surface area contributed by atoms with Gasteiger partial charge in [-0.05, 0) is 12.1 Å². The molecule has 1 aromatic heterocycles. The number of nitrogens with one attached hydrogen (secondary N) is 1. The Balaban J connectivity index is 2.82. The van der Waals surface area contributed by atoms with Gasteiger partial charge in [-0.25, -0.2) is 14.9 Å². The number of carbonyl (C=O) groups excluding carboxylic acids is 1. The summed E-state index contributed by atoms with van der Waals surface area (Å²) in [4.78, 5) is 19.2. The number of pyridine rings is 1. The highest BCUT2D eigenvalue weighted by molar-refractivity contribution is 5.91. The number of nitrogens with zero attached hydrogens (tertiary/aromatic N) is 1. The molecule has 0 aliphatic carbocycles. The van der Waals surface area contributed by atoms with Gasteiger partial charge in [-0.2, -0.15) is 0 Å². The molecule has 1 amide bonds. The molecule has 0 unspecified atom stereocenters. The Labute approximate surface area is 74.7 Å². The predicted molar refractivity (Wildman–Crippen MR) is 43.5 cm³/mol. The van der Waals surface area contributed by atoms with Crippen LogP contribution in [-0.4, -0.2) is 18.0 Å². The first-order valence-corrected chi connectivity index (χ1v) is 3.63. The van der Waals surface area contributed by atoms with Gasteiger partial charge >= 0.3 is 0 Å². The highest BCUT2D eigenvalue weighted by atomic mass is 19.1. The van der Waals surface area contributed by atoms with Crippen LogP contribution in [0.5, 0.6) is 0 Å². The number of aromatic nitrogens is 1.